The highest BCUT2D eigenvalue weighted by Crippen LogP contribution is 2.19. The van der Waals surface area contributed by atoms with Crippen LogP contribution in [0.25, 0.3) is 0 Å². The summed E-state index contributed by atoms with van der Waals surface area (Å²) in [6.07, 6.45) is 2.15. The summed E-state index contributed by atoms with van der Waals surface area (Å²) in [5, 5.41) is 7.42. The molecule has 1 aromatic carbocycles. The molecule has 29 heavy (non-hydrogen) atoms. The van der Waals surface area contributed by atoms with Gasteiger partial charge in [0.1, 0.15) is 17.5 Å². The van der Waals surface area contributed by atoms with E-state index in [0.717, 1.165) is 43.9 Å². The summed E-state index contributed by atoms with van der Waals surface area (Å²) in [5.74, 6) is 0.567. The summed E-state index contributed by atoms with van der Waals surface area (Å²) in [6.45, 7) is 5.33. The number of nitrogens with one attached hydrogen (secondary N) is 1. The average molecular weight is 421 g/mol. The van der Waals surface area contributed by atoms with Gasteiger partial charge in [0.2, 0.25) is 0 Å². The Labute approximate surface area is 176 Å². The van der Waals surface area contributed by atoms with Gasteiger partial charge in [-0.2, -0.15) is 5.10 Å². The Morgan fingerprint density at radius 1 is 1.41 bits per heavy atom. The summed E-state index contributed by atoms with van der Waals surface area (Å²) < 4.78 is 12.8. The molecule has 0 aliphatic carbocycles. The molecule has 0 saturated carbocycles. The maximum Gasteiger partial charge on any atom is 0.256 e. The van der Waals surface area contributed by atoms with Crippen LogP contribution in [-0.4, -0.2) is 60.0 Å². The first-order valence-corrected chi connectivity index (χ1v) is 10.3. The number of amides is 1. The van der Waals surface area contributed by atoms with Gasteiger partial charge in [-0.25, -0.2) is 0 Å². The normalized spacial score (nSPS) is 14.9. The molecule has 1 amide bonds. The SMILES string of the molecule is Cc1nn(C)c(Cl)c1C(=O)NCc1cccc(OCCN(C)C2CCOCC2)c1. The van der Waals surface area contributed by atoms with Crippen LogP contribution < -0.4 is 10.1 Å². The van der Waals surface area contributed by atoms with Crippen LogP contribution in [0.15, 0.2) is 24.3 Å². The third-order valence-corrected chi connectivity index (χ3v) is 5.69. The number of likely N-dealkylation sites (N-methyl/N-ethyl adjacent to an activating group) is 1. The molecule has 2 aromatic rings. The standard InChI is InChI=1S/C21H29ClN4O3/c1-15-19(20(22)26(3)24-15)21(27)23-14-16-5-4-6-18(13-16)29-12-9-25(2)17-7-10-28-11-8-17/h4-6,13,17H,7-12,14H2,1-3H3,(H,23,27). The van der Waals surface area contributed by atoms with Gasteiger partial charge in [-0.15, -0.1) is 0 Å². The van der Waals surface area contributed by atoms with Crippen LogP contribution in [0.1, 0.15) is 34.5 Å². The van der Waals surface area contributed by atoms with Crippen molar-refractivity contribution in [2.24, 2.45) is 7.05 Å². The Bertz CT molecular complexity index is 833. The highest BCUT2D eigenvalue weighted by atomic mass is 35.5. The van der Waals surface area contributed by atoms with Crippen LogP contribution in [0.2, 0.25) is 5.15 Å². The lowest BCUT2D eigenvalue weighted by Gasteiger charge is -2.31. The van der Waals surface area contributed by atoms with Gasteiger partial charge in [0.25, 0.3) is 5.91 Å². The zero-order valence-electron chi connectivity index (χ0n) is 17.3. The Kier molecular flexibility index (Phi) is 7.52. The minimum absolute atomic E-state index is 0.231. The van der Waals surface area contributed by atoms with Crippen LogP contribution in [0, 0.1) is 6.92 Å². The predicted octanol–water partition coefficient (Wildman–Crippen LogP) is 2.80. The number of ether oxygens (including phenoxy) is 2. The monoisotopic (exact) mass is 420 g/mol. The minimum Gasteiger partial charge on any atom is -0.492 e. The van der Waals surface area contributed by atoms with Crippen molar-refractivity contribution in [1.29, 1.82) is 0 Å². The van der Waals surface area contributed by atoms with Crippen molar-refractivity contribution in [3.8, 4) is 5.75 Å². The number of carbonyl (C=O) groups excluding carboxylic acids is 1. The number of rotatable bonds is 8. The van der Waals surface area contributed by atoms with Gasteiger partial charge in [0, 0.05) is 39.4 Å². The lowest BCUT2D eigenvalue weighted by molar-refractivity contribution is 0.0392. The van der Waals surface area contributed by atoms with E-state index in [2.05, 4.69) is 22.4 Å². The third kappa shape index (κ3) is 5.72. The van der Waals surface area contributed by atoms with Crippen LogP contribution in [0.4, 0.5) is 0 Å². The van der Waals surface area contributed by atoms with Gasteiger partial charge in [0.05, 0.1) is 11.3 Å². The number of nitrogens with zero attached hydrogens (tertiary/aromatic N) is 3. The number of aromatic nitrogens is 2. The summed E-state index contributed by atoms with van der Waals surface area (Å²) in [7, 11) is 3.85. The van der Waals surface area contributed by atoms with E-state index >= 15 is 0 Å². The Balaban J connectivity index is 1.48. The molecular weight excluding hydrogens is 392 g/mol. The van der Waals surface area contributed by atoms with E-state index in [-0.39, 0.29) is 5.91 Å². The maximum absolute atomic E-state index is 12.5. The van der Waals surface area contributed by atoms with Gasteiger partial charge in [-0.05, 0) is 44.5 Å². The van der Waals surface area contributed by atoms with E-state index in [9.17, 15) is 4.79 Å². The molecule has 0 bridgehead atoms. The van der Waals surface area contributed by atoms with Crippen molar-refractivity contribution in [1.82, 2.24) is 20.0 Å². The van der Waals surface area contributed by atoms with Gasteiger partial charge >= 0.3 is 0 Å². The highest BCUT2D eigenvalue weighted by molar-refractivity contribution is 6.33. The van der Waals surface area contributed by atoms with Crippen LogP contribution in [0.3, 0.4) is 0 Å². The Morgan fingerprint density at radius 2 is 2.17 bits per heavy atom. The lowest BCUT2D eigenvalue weighted by Crippen LogP contribution is -2.38. The summed E-state index contributed by atoms with van der Waals surface area (Å²) in [5.41, 5.74) is 1.99. The molecule has 1 aromatic heterocycles. The number of benzene rings is 1. The quantitative estimate of drug-likeness (QED) is 0.711. The second-order valence-electron chi connectivity index (χ2n) is 7.38. The van der Waals surface area contributed by atoms with E-state index in [0.29, 0.717) is 35.6 Å². The molecule has 0 unspecified atom stereocenters. The number of carbonyl (C=O) groups is 1. The number of hydrogen-bond acceptors (Lipinski definition) is 5. The first-order valence-electron chi connectivity index (χ1n) is 9.92. The predicted molar refractivity (Wildman–Crippen MR) is 113 cm³/mol. The molecule has 1 saturated heterocycles. The summed E-state index contributed by atoms with van der Waals surface area (Å²) in [4.78, 5) is 14.8. The first-order chi connectivity index (χ1) is 14.0. The van der Waals surface area contributed by atoms with E-state index in [4.69, 9.17) is 21.1 Å². The molecule has 0 radical (unpaired) electrons. The molecule has 0 spiro atoms. The fourth-order valence-electron chi connectivity index (χ4n) is 3.52. The van der Waals surface area contributed by atoms with Gasteiger partial charge in [0.15, 0.2) is 0 Å². The first kappa shape index (κ1) is 21.6. The zero-order valence-corrected chi connectivity index (χ0v) is 18.0. The van der Waals surface area contributed by atoms with Crippen molar-refractivity contribution in [2.45, 2.75) is 32.4 Å². The van der Waals surface area contributed by atoms with Gasteiger partial charge in [-0.1, -0.05) is 23.7 Å². The number of hydrogen-bond donors (Lipinski definition) is 1. The Morgan fingerprint density at radius 3 is 2.86 bits per heavy atom. The molecule has 158 valence electrons. The molecule has 1 N–H and O–H groups in total. The van der Waals surface area contributed by atoms with Crippen molar-refractivity contribution in [2.75, 3.05) is 33.4 Å². The maximum atomic E-state index is 12.5. The van der Waals surface area contributed by atoms with Crippen molar-refractivity contribution >= 4 is 17.5 Å². The Hall–Kier alpha value is -2.09. The van der Waals surface area contributed by atoms with E-state index in [1.54, 1.807) is 14.0 Å². The molecule has 3 rings (SSSR count). The minimum atomic E-state index is -0.231. The number of aryl methyl sites for hydroxylation is 2. The van der Waals surface area contributed by atoms with E-state index in [1.807, 2.05) is 24.3 Å². The molecular formula is C21H29ClN4O3. The van der Waals surface area contributed by atoms with Crippen LogP contribution in [0.5, 0.6) is 5.75 Å². The van der Waals surface area contributed by atoms with Crippen LogP contribution >= 0.6 is 11.6 Å². The molecule has 8 heteroatoms. The fraction of sp³-hybridized carbons (Fsp3) is 0.524. The van der Waals surface area contributed by atoms with Gasteiger partial charge < -0.3 is 14.8 Å². The average Bonchev–Trinajstić information content (AvgIpc) is 2.98. The van der Waals surface area contributed by atoms with Crippen molar-refractivity contribution < 1.29 is 14.3 Å². The highest BCUT2D eigenvalue weighted by Gasteiger charge is 2.19. The topological polar surface area (TPSA) is 68.6 Å². The summed E-state index contributed by atoms with van der Waals surface area (Å²) in [6, 6.07) is 8.34. The fourth-order valence-corrected chi connectivity index (χ4v) is 3.78. The molecule has 1 fully saturated rings. The third-order valence-electron chi connectivity index (χ3n) is 5.26. The second-order valence-corrected chi connectivity index (χ2v) is 7.74. The van der Waals surface area contributed by atoms with Gasteiger partial charge in [-0.3, -0.25) is 14.4 Å². The lowest BCUT2D eigenvalue weighted by atomic mass is 10.1. The summed E-state index contributed by atoms with van der Waals surface area (Å²) >= 11 is 6.16. The molecule has 1 aliphatic heterocycles. The second kappa shape index (κ2) is 10.1. The van der Waals surface area contributed by atoms with Crippen molar-refractivity contribution in [3.05, 3.63) is 46.2 Å². The molecule has 0 atom stereocenters. The molecule has 2 heterocycles. The number of halogens is 1. The van der Waals surface area contributed by atoms with E-state index < -0.39 is 0 Å². The van der Waals surface area contributed by atoms with E-state index in [1.165, 1.54) is 4.68 Å². The van der Waals surface area contributed by atoms with Crippen molar-refractivity contribution in [3.63, 3.8) is 0 Å². The molecule has 7 nitrogen and oxygen atoms in total. The largest absolute Gasteiger partial charge is 0.492 e. The smallest absolute Gasteiger partial charge is 0.256 e. The molecule has 1 aliphatic rings. The zero-order chi connectivity index (χ0) is 20.8. The van der Waals surface area contributed by atoms with Crippen LogP contribution in [-0.2, 0) is 18.3 Å².